The minimum Gasteiger partial charge on any atom is -0.480 e. The fourth-order valence-electron chi connectivity index (χ4n) is 1.06. The number of carboxylic acids is 1. The Kier molecular flexibility index (Phi) is 12.6. The zero-order valence-corrected chi connectivity index (χ0v) is 18.6. The van der Waals surface area contributed by atoms with Crippen LogP contribution in [0.3, 0.4) is 0 Å². The van der Waals surface area contributed by atoms with Crippen molar-refractivity contribution in [3.05, 3.63) is 0 Å². The fraction of sp³-hybridized carbons (Fsp3) is 0.714. The Balaban J connectivity index is 0. The molecule has 0 rings (SSSR count). The molecule has 26 heavy (non-hydrogen) atoms. The van der Waals surface area contributed by atoms with Gasteiger partial charge >= 0.3 is 5.97 Å². The molecule has 3 amide bonds. The van der Waals surface area contributed by atoms with E-state index in [4.69, 9.17) is 10.8 Å². The van der Waals surface area contributed by atoms with Gasteiger partial charge in [0.15, 0.2) is 0 Å². The smallest absolute Gasteiger partial charge is 0.327 e. The predicted molar refractivity (Wildman–Crippen MR) is 115 cm³/mol. The minimum atomic E-state index is -1.10. The number of nitrogens with two attached hydrogens (primary N) is 1. The van der Waals surface area contributed by atoms with Crippen molar-refractivity contribution < 1.29 is 24.3 Å². The molecule has 8 nitrogen and oxygen atoms in total. The first kappa shape index (κ1) is 27.5. The van der Waals surface area contributed by atoms with Gasteiger partial charge in [0.1, 0.15) is 12.1 Å². The molecule has 0 saturated carbocycles. The highest BCUT2D eigenvalue weighted by Crippen LogP contribution is 2.12. The van der Waals surface area contributed by atoms with Gasteiger partial charge in [0.25, 0.3) is 0 Å². The van der Waals surface area contributed by atoms with Crippen LogP contribution in [0.25, 0.3) is 0 Å². The Morgan fingerprint density at radius 2 is 1.19 bits per heavy atom. The summed E-state index contributed by atoms with van der Waals surface area (Å²) in [6.07, 6.45) is 0. The first-order valence-corrected chi connectivity index (χ1v) is 9.54. The number of nitrogens with one attached hydrogen (secondary N) is 2. The first-order valence-electron chi connectivity index (χ1n) is 7.38. The summed E-state index contributed by atoms with van der Waals surface area (Å²) < 4.78 is -1.70. The summed E-state index contributed by atoms with van der Waals surface area (Å²) in [5.41, 5.74) is 5.01. The number of hydrogen-bond acceptors (Lipinski definition) is 8. The van der Waals surface area contributed by atoms with E-state index in [0.717, 1.165) is 0 Å². The van der Waals surface area contributed by atoms with E-state index in [9.17, 15) is 19.2 Å². The molecule has 0 spiro atoms. The van der Waals surface area contributed by atoms with Gasteiger partial charge in [0, 0.05) is 11.5 Å². The number of carbonyl (C=O) groups excluding carboxylic acids is 3. The van der Waals surface area contributed by atoms with Gasteiger partial charge in [0.2, 0.25) is 17.7 Å². The van der Waals surface area contributed by atoms with Crippen molar-refractivity contribution in [1.29, 1.82) is 0 Å². The van der Waals surface area contributed by atoms with Crippen LogP contribution in [-0.2, 0) is 19.2 Å². The summed E-state index contributed by atoms with van der Waals surface area (Å²) in [7, 11) is 0. The van der Waals surface area contributed by atoms with Crippen molar-refractivity contribution in [1.82, 2.24) is 10.6 Å². The zero-order valence-electron chi connectivity index (χ0n) is 15.0. The SMILES string of the molecule is CC(C)(S)C(=O)N[C@@H](CS)C(=O)O.CC(C)(S)C(=O)N[C@@H](CS)C(N)=O. The molecule has 0 aliphatic heterocycles. The molecule has 0 unspecified atom stereocenters. The van der Waals surface area contributed by atoms with E-state index in [1.54, 1.807) is 27.7 Å². The molecule has 12 heteroatoms. The van der Waals surface area contributed by atoms with Crippen LogP contribution in [-0.4, -0.2) is 61.9 Å². The molecule has 0 aromatic carbocycles. The number of hydrogen-bond donors (Lipinski definition) is 8. The Bertz CT molecular complexity index is 472. The summed E-state index contributed by atoms with van der Waals surface area (Å²) >= 11 is 15.7. The predicted octanol–water partition coefficient (Wildman–Crippen LogP) is -0.211. The largest absolute Gasteiger partial charge is 0.480 e. The van der Waals surface area contributed by atoms with Crippen molar-refractivity contribution in [2.24, 2.45) is 5.73 Å². The molecule has 0 fully saturated rings. The van der Waals surface area contributed by atoms with Gasteiger partial charge in [0.05, 0.1) is 9.49 Å². The zero-order chi connectivity index (χ0) is 21.3. The molecule has 0 radical (unpaired) electrons. The molecule has 0 heterocycles. The van der Waals surface area contributed by atoms with E-state index in [2.05, 4.69) is 61.1 Å². The maximum Gasteiger partial charge on any atom is 0.327 e. The third-order valence-corrected chi connectivity index (χ3v) is 3.87. The minimum absolute atomic E-state index is 0.0604. The van der Waals surface area contributed by atoms with Crippen LogP contribution in [0.2, 0.25) is 0 Å². The number of carbonyl (C=O) groups is 4. The van der Waals surface area contributed by atoms with Gasteiger partial charge in [-0.3, -0.25) is 14.4 Å². The highest BCUT2D eigenvalue weighted by Gasteiger charge is 2.27. The van der Waals surface area contributed by atoms with Gasteiger partial charge in [-0.1, -0.05) is 0 Å². The lowest BCUT2D eigenvalue weighted by Crippen LogP contribution is -2.50. The summed E-state index contributed by atoms with van der Waals surface area (Å²) in [5, 5.41) is 13.4. The van der Waals surface area contributed by atoms with Crippen molar-refractivity contribution in [3.8, 4) is 0 Å². The van der Waals surface area contributed by atoms with Crippen molar-refractivity contribution >= 4 is 74.2 Å². The average molecular weight is 446 g/mol. The Hall–Kier alpha value is -0.720. The topological polar surface area (TPSA) is 139 Å². The van der Waals surface area contributed by atoms with E-state index >= 15 is 0 Å². The Morgan fingerprint density at radius 3 is 1.38 bits per heavy atom. The number of carboxylic acid groups (broad SMARTS) is 1. The lowest BCUT2D eigenvalue weighted by atomic mass is 10.1. The van der Waals surface area contributed by atoms with E-state index < -0.39 is 39.4 Å². The molecular formula is C14H27N3O5S4. The number of aliphatic carboxylic acids is 1. The number of thiol groups is 4. The van der Waals surface area contributed by atoms with Gasteiger partial charge in [-0.15, -0.1) is 0 Å². The maximum absolute atomic E-state index is 11.3. The number of primary amides is 1. The molecule has 0 aliphatic rings. The molecule has 152 valence electrons. The highest BCUT2D eigenvalue weighted by molar-refractivity contribution is 7.83. The molecule has 2 atom stereocenters. The van der Waals surface area contributed by atoms with Crippen LogP contribution in [0.1, 0.15) is 27.7 Å². The van der Waals surface area contributed by atoms with Crippen LogP contribution in [0.5, 0.6) is 0 Å². The van der Waals surface area contributed by atoms with Gasteiger partial charge in [-0.05, 0) is 27.7 Å². The van der Waals surface area contributed by atoms with Crippen LogP contribution in [0.15, 0.2) is 0 Å². The molecule has 0 saturated heterocycles. The Morgan fingerprint density at radius 1 is 0.885 bits per heavy atom. The molecule has 0 bridgehead atoms. The molecule has 0 aromatic rings. The quantitative estimate of drug-likeness (QED) is 0.244. The van der Waals surface area contributed by atoms with E-state index in [1.165, 1.54) is 0 Å². The molecule has 0 aliphatic carbocycles. The maximum atomic E-state index is 11.3. The fourth-order valence-corrected chi connectivity index (χ4v) is 1.71. The number of rotatable bonds is 8. The Labute approximate surface area is 175 Å². The summed E-state index contributed by atoms with van der Waals surface area (Å²) in [6, 6.07) is -1.69. The summed E-state index contributed by atoms with van der Waals surface area (Å²) in [5.74, 6) is -2.21. The van der Waals surface area contributed by atoms with E-state index in [1.807, 2.05) is 0 Å². The van der Waals surface area contributed by atoms with Crippen LogP contribution in [0, 0.1) is 0 Å². The standard InChI is InChI=1S/C7H14N2O2S2.C7H13NO3S2/c1-7(2,13)6(11)9-4(3-12)5(8)10;1-7(2,13)6(11)8-4(3-12)5(9)10/h4,12-13H,3H2,1-2H3,(H2,8,10)(H,9,11);4,12-13H,3H2,1-2H3,(H,8,11)(H,9,10)/t2*4-/m00/s1. The lowest BCUT2D eigenvalue weighted by molar-refractivity contribution is -0.141. The number of amides is 3. The van der Waals surface area contributed by atoms with Crippen LogP contribution >= 0.6 is 50.5 Å². The molecule has 0 aromatic heterocycles. The summed E-state index contributed by atoms with van der Waals surface area (Å²) in [6.45, 7) is 6.43. The second-order valence-electron chi connectivity index (χ2n) is 6.28. The second-order valence-corrected chi connectivity index (χ2v) is 9.24. The average Bonchev–Trinajstić information content (AvgIpc) is 2.47. The third-order valence-electron chi connectivity index (χ3n) is 2.73. The van der Waals surface area contributed by atoms with Crippen molar-refractivity contribution in [2.45, 2.75) is 49.3 Å². The molecule has 5 N–H and O–H groups in total. The van der Waals surface area contributed by atoms with Crippen molar-refractivity contribution in [2.75, 3.05) is 11.5 Å². The van der Waals surface area contributed by atoms with Gasteiger partial charge < -0.3 is 21.5 Å². The highest BCUT2D eigenvalue weighted by atomic mass is 32.1. The second kappa shape index (κ2) is 11.9. The normalized spacial score (nSPS) is 13.5. The van der Waals surface area contributed by atoms with Crippen molar-refractivity contribution in [3.63, 3.8) is 0 Å². The van der Waals surface area contributed by atoms with E-state index in [-0.39, 0.29) is 17.4 Å². The van der Waals surface area contributed by atoms with Gasteiger partial charge in [-0.25, -0.2) is 4.79 Å². The first-order chi connectivity index (χ1) is 11.6. The van der Waals surface area contributed by atoms with Gasteiger partial charge in [-0.2, -0.15) is 50.5 Å². The lowest BCUT2D eigenvalue weighted by Gasteiger charge is -2.20. The summed E-state index contributed by atoms with van der Waals surface area (Å²) in [4.78, 5) is 43.8. The monoisotopic (exact) mass is 445 g/mol. The molecular weight excluding hydrogens is 418 g/mol. The van der Waals surface area contributed by atoms with Crippen LogP contribution in [0.4, 0.5) is 0 Å². The van der Waals surface area contributed by atoms with E-state index in [0.29, 0.717) is 0 Å². The third kappa shape index (κ3) is 11.8. The van der Waals surface area contributed by atoms with Crippen LogP contribution < -0.4 is 16.4 Å².